The lowest BCUT2D eigenvalue weighted by Gasteiger charge is -2.37. The summed E-state index contributed by atoms with van der Waals surface area (Å²) in [6, 6.07) is 5.73. The highest BCUT2D eigenvalue weighted by atomic mass is 32.2. The molecule has 6 heteroatoms. The molecule has 1 amide bonds. The molecule has 1 aliphatic heterocycles. The van der Waals surface area contributed by atoms with Crippen molar-refractivity contribution in [1.82, 2.24) is 5.32 Å². The molecule has 2 fully saturated rings. The quantitative estimate of drug-likeness (QED) is 0.888. The summed E-state index contributed by atoms with van der Waals surface area (Å²) < 4.78 is 17.5. The maximum absolute atomic E-state index is 12.7. The number of rotatable bonds is 4. The number of benzene rings is 1. The van der Waals surface area contributed by atoms with Gasteiger partial charge >= 0.3 is 0 Å². The molecular weight excluding hydrogens is 338 g/mol. The molecule has 0 radical (unpaired) electrons. The van der Waals surface area contributed by atoms with Crippen LogP contribution in [0.1, 0.15) is 35.2 Å². The van der Waals surface area contributed by atoms with Gasteiger partial charge in [0.1, 0.15) is 11.4 Å². The highest BCUT2D eigenvalue weighted by Gasteiger charge is 2.70. The molecular formula is C19H23NO4S. The molecule has 4 rings (SSSR count). The Kier molecular flexibility index (Phi) is 3.98. The SMILES string of the molecule is Cc1ccc2c(c1)C(=O)C[C@]1(CC[C@@H]3[C@@H](C(=O)NCC[S@](C)=O)[C@@H]31)O2. The van der Waals surface area contributed by atoms with Crippen LogP contribution in [0.2, 0.25) is 0 Å². The van der Waals surface area contributed by atoms with Crippen molar-refractivity contribution in [1.29, 1.82) is 0 Å². The fourth-order valence-electron chi connectivity index (χ4n) is 4.72. The molecule has 1 spiro atoms. The Morgan fingerprint density at radius 3 is 3.00 bits per heavy atom. The number of ether oxygens (including phenoxy) is 1. The first kappa shape index (κ1) is 16.8. The number of hydrogen-bond donors (Lipinski definition) is 1. The molecule has 0 aromatic heterocycles. The molecule has 0 unspecified atom stereocenters. The second kappa shape index (κ2) is 5.94. The third-order valence-electron chi connectivity index (χ3n) is 5.88. The third-order valence-corrected chi connectivity index (χ3v) is 6.66. The average molecular weight is 361 g/mol. The van der Waals surface area contributed by atoms with E-state index in [-0.39, 0.29) is 23.5 Å². The van der Waals surface area contributed by atoms with E-state index in [9.17, 15) is 13.8 Å². The number of nitrogens with one attached hydrogen (secondary N) is 1. The van der Waals surface area contributed by atoms with Crippen LogP contribution in [0.15, 0.2) is 18.2 Å². The van der Waals surface area contributed by atoms with Crippen molar-refractivity contribution in [3.63, 3.8) is 0 Å². The van der Waals surface area contributed by atoms with Crippen LogP contribution in [0.3, 0.4) is 0 Å². The summed E-state index contributed by atoms with van der Waals surface area (Å²) in [5, 5.41) is 2.89. The molecule has 0 bridgehead atoms. The zero-order valence-corrected chi connectivity index (χ0v) is 15.4. The normalized spacial score (nSPS) is 33.4. The summed E-state index contributed by atoms with van der Waals surface area (Å²) in [6.45, 7) is 2.40. The molecule has 1 N–H and O–H groups in total. The molecule has 134 valence electrons. The van der Waals surface area contributed by atoms with E-state index in [4.69, 9.17) is 4.74 Å². The van der Waals surface area contributed by atoms with Gasteiger partial charge in [-0.15, -0.1) is 0 Å². The Labute approximate surface area is 150 Å². The van der Waals surface area contributed by atoms with Crippen molar-refractivity contribution in [3.05, 3.63) is 29.3 Å². The molecule has 5 atom stereocenters. The van der Waals surface area contributed by atoms with Crippen LogP contribution in [0.4, 0.5) is 0 Å². The predicted octanol–water partition coefficient (Wildman–Crippen LogP) is 1.85. The van der Waals surface area contributed by atoms with E-state index < -0.39 is 16.4 Å². The number of amides is 1. The fourth-order valence-corrected chi connectivity index (χ4v) is 5.11. The van der Waals surface area contributed by atoms with Gasteiger partial charge in [-0.3, -0.25) is 13.8 Å². The zero-order chi connectivity index (χ0) is 17.8. The second-order valence-electron chi connectivity index (χ2n) is 7.59. The summed E-state index contributed by atoms with van der Waals surface area (Å²) in [5.41, 5.74) is 1.20. The van der Waals surface area contributed by atoms with E-state index in [1.54, 1.807) is 6.26 Å². The van der Waals surface area contributed by atoms with Gasteiger partial charge in [-0.2, -0.15) is 0 Å². The topological polar surface area (TPSA) is 72.5 Å². The minimum atomic E-state index is -0.907. The first-order chi connectivity index (χ1) is 11.9. The van der Waals surface area contributed by atoms with Gasteiger partial charge < -0.3 is 10.1 Å². The van der Waals surface area contributed by atoms with Gasteiger partial charge in [-0.25, -0.2) is 0 Å². The maximum Gasteiger partial charge on any atom is 0.223 e. The van der Waals surface area contributed by atoms with Crippen molar-refractivity contribution in [2.45, 2.75) is 31.8 Å². The van der Waals surface area contributed by atoms with Crippen molar-refractivity contribution >= 4 is 22.5 Å². The molecule has 1 aromatic rings. The van der Waals surface area contributed by atoms with Crippen molar-refractivity contribution < 1.29 is 18.5 Å². The van der Waals surface area contributed by atoms with Gasteiger partial charge in [0, 0.05) is 41.2 Å². The number of hydrogen-bond acceptors (Lipinski definition) is 4. The Morgan fingerprint density at radius 2 is 2.24 bits per heavy atom. The number of ketones is 1. The summed E-state index contributed by atoms with van der Waals surface area (Å²) in [5.74, 6) is 1.64. The maximum atomic E-state index is 12.7. The van der Waals surface area contributed by atoms with Gasteiger partial charge in [0.25, 0.3) is 0 Å². The number of Topliss-reactive ketones (excluding diaryl/α,β-unsaturated/α-hetero) is 1. The van der Waals surface area contributed by atoms with E-state index in [0.29, 0.717) is 35.9 Å². The van der Waals surface area contributed by atoms with E-state index >= 15 is 0 Å². The number of aryl methyl sites for hydroxylation is 1. The first-order valence-corrected chi connectivity index (χ1v) is 10.5. The van der Waals surface area contributed by atoms with Gasteiger partial charge in [0.2, 0.25) is 5.91 Å². The van der Waals surface area contributed by atoms with E-state index in [0.717, 1.165) is 18.4 Å². The third kappa shape index (κ3) is 2.80. The summed E-state index contributed by atoms with van der Waals surface area (Å²) in [4.78, 5) is 25.1. The Morgan fingerprint density at radius 1 is 1.44 bits per heavy atom. The molecule has 2 aliphatic carbocycles. The lowest BCUT2D eigenvalue weighted by atomic mass is 9.84. The Hall–Kier alpha value is -1.69. The van der Waals surface area contributed by atoms with Crippen LogP contribution in [0, 0.1) is 24.7 Å². The molecule has 25 heavy (non-hydrogen) atoms. The molecule has 1 heterocycles. The lowest BCUT2D eigenvalue weighted by molar-refractivity contribution is -0.124. The highest BCUT2D eigenvalue weighted by Crippen LogP contribution is 2.65. The van der Waals surface area contributed by atoms with Crippen LogP contribution in [-0.2, 0) is 15.6 Å². The average Bonchev–Trinajstić information content (AvgIpc) is 3.20. The van der Waals surface area contributed by atoms with Crippen LogP contribution in [0.5, 0.6) is 5.75 Å². The van der Waals surface area contributed by atoms with E-state index in [1.807, 2.05) is 25.1 Å². The largest absolute Gasteiger partial charge is 0.486 e. The van der Waals surface area contributed by atoms with Gasteiger partial charge in [-0.05, 0) is 37.8 Å². The predicted molar refractivity (Wildman–Crippen MR) is 95.1 cm³/mol. The molecule has 1 aromatic carbocycles. The van der Waals surface area contributed by atoms with Crippen molar-refractivity contribution in [2.75, 3.05) is 18.6 Å². The molecule has 3 aliphatic rings. The number of carbonyl (C=O) groups excluding carboxylic acids is 2. The Bertz CT molecular complexity index is 777. The molecule has 0 saturated heterocycles. The first-order valence-electron chi connectivity index (χ1n) is 8.82. The van der Waals surface area contributed by atoms with Gasteiger partial charge in [0.15, 0.2) is 5.78 Å². The zero-order valence-electron chi connectivity index (χ0n) is 14.5. The van der Waals surface area contributed by atoms with Crippen LogP contribution in [0.25, 0.3) is 0 Å². The second-order valence-corrected chi connectivity index (χ2v) is 9.14. The van der Waals surface area contributed by atoms with E-state index in [2.05, 4.69) is 5.32 Å². The standard InChI is InChI=1S/C19H23NO4S/c1-11-3-4-15-13(9-11)14(21)10-19(24-15)6-5-12-16(17(12)19)18(22)20-7-8-25(2)23/h3-4,9,12,16-17H,5-8,10H2,1-2H3,(H,20,22)/t12-,16-,17-,19+,25+/m1/s1. The van der Waals surface area contributed by atoms with Crippen molar-refractivity contribution in [3.8, 4) is 5.75 Å². The monoisotopic (exact) mass is 361 g/mol. The molecule has 2 saturated carbocycles. The highest BCUT2D eigenvalue weighted by molar-refractivity contribution is 7.84. The fraction of sp³-hybridized carbons (Fsp3) is 0.579. The van der Waals surface area contributed by atoms with E-state index in [1.165, 1.54) is 0 Å². The Balaban J connectivity index is 1.49. The summed E-state index contributed by atoms with van der Waals surface area (Å²) in [7, 11) is -0.907. The summed E-state index contributed by atoms with van der Waals surface area (Å²) in [6.07, 6.45) is 3.77. The smallest absolute Gasteiger partial charge is 0.223 e. The van der Waals surface area contributed by atoms with Crippen LogP contribution >= 0.6 is 0 Å². The van der Waals surface area contributed by atoms with Crippen molar-refractivity contribution in [2.24, 2.45) is 17.8 Å². The lowest BCUT2D eigenvalue weighted by Crippen LogP contribution is -2.44. The molecule has 5 nitrogen and oxygen atoms in total. The minimum Gasteiger partial charge on any atom is -0.486 e. The number of carbonyl (C=O) groups is 2. The number of fused-ring (bicyclic) bond motifs is 3. The van der Waals surface area contributed by atoms with Crippen LogP contribution < -0.4 is 10.1 Å². The summed E-state index contributed by atoms with van der Waals surface area (Å²) >= 11 is 0. The van der Waals surface area contributed by atoms with Gasteiger partial charge in [-0.1, -0.05) is 11.6 Å². The minimum absolute atomic E-state index is 0.0188. The van der Waals surface area contributed by atoms with Gasteiger partial charge in [0.05, 0.1) is 12.0 Å². The van der Waals surface area contributed by atoms with Crippen LogP contribution in [-0.4, -0.2) is 40.1 Å².